The van der Waals surface area contributed by atoms with E-state index in [1.807, 2.05) is 48.3 Å². The molecule has 2 heterocycles. The number of benzene rings is 1. The largest absolute Gasteiger partial charge is 0.456 e. The molecule has 0 radical (unpaired) electrons. The van der Waals surface area contributed by atoms with Crippen LogP contribution in [0.25, 0.3) is 0 Å². The molecular formula is C19H24N4O2. The van der Waals surface area contributed by atoms with E-state index in [0.717, 1.165) is 31.6 Å². The SMILES string of the molecule is CN1CCC(N(C)C(=O)Nc2ccc(Oc3cccnc3)cc2)CC1. The Morgan fingerprint density at radius 3 is 2.56 bits per heavy atom. The average Bonchev–Trinajstić information content (AvgIpc) is 2.64. The molecule has 0 bridgehead atoms. The van der Waals surface area contributed by atoms with Crippen LogP contribution in [0.3, 0.4) is 0 Å². The molecule has 1 fully saturated rings. The van der Waals surface area contributed by atoms with Crippen molar-refractivity contribution in [3.8, 4) is 11.5 Å². The van der Waals surface area contributed by atoms with Gasteiger partial charge in [0.05, 0.1) is 6.20 Å². The number of rotatable bonds is 4. The van der Waals surface area contributed by atoms with Crippen molar-refractivity contribution in [2.24, 2.45) is 0 Å². The van der Waals surface area contributed by atoms with Gasteiger partial charge in [-0.05, 0) is 69.4 Å². The summed E-state index contributed by atoms with van der Waals surface area (Å²) in [7, 11) is 3.98. The minimum atomic E-state index is -0.0736. The second-order valence-corrected chi connectivity index (χ2v) is 6.39. The van der Waals surface area contributed by atoms with Gasteiger partial charge < -0.3 is 19.9 Å². The molecule has 1 saturated heterocycles. The molecule has 1 N–H and O–H groups in total. The zero-order valence-corrected chi connectivity index (χ0v) is 14.7. The Morgan fingerprint density at radius 2 is 1.92 bits per heavy atom. The first-order valence-electron chi connectivity index (χ1n) is 8.52. The fourth-order valence-electron chi connectivity index (χ4n) is 2.91. The number of hydrogen-bond donors (Lipinski definition) is 1. The first-order valence-corrected chi connectivity index (χ1v) is 8.52. The van der Waals surface area contributed by atoms with Crippen LogP contribution < -0.4 is 10.1 Å². The van der Waals surface area contributed by atoms with Crippen molar-refractivity contribution in [1.29, 1.82) is 0 Å². The fraction of sp³-hybridized carbons (Fsp3) is 0.368. The van der Waals surface area contributed by atoms with Gasteiger partial charge in [0.2, 0.25) is 0 Å². The van der Waals surface area contributed by atoms with E-state index in [0.29, 0.717) is 17.5 Å². The summed E-state index contributed by atoms with van der Waals surface area (Å²) in [6.45, 7) is 2.06. The normalized spacial score (nSPS) is 15.6. The van der Waals surface area contributed by atoms with Crippen molar-refractivity contribution < 1.29 is 9.53 Å². The van der Waals surface area contributed by atoms with Crippen LogP contribution in [0.2, 0.25) is 0 Å². The van der Waals surface area contributed by atoms with Gasteiger partial charge in [0.15, 0.2) is 0 Å². The molecule has 25 heavy (non-hydrogen) atoms. The summed E-state index contributed by atoms with van der Waals surface area (Å²) >= 11 is 0. The number of carbonyl (C=O) groups excluding carboxylic acids is 1. The third-order valence-electron chi connectivity index (χ3n) is 4.53. The summed E-state index contributed by atoms with van der Waals surface area (Å²) in [4.78, 5) is 20.6. The third-order valence-corrected chi connectivity index (χ3v) is 4.53. The number of ether oxygens (including phenoxy) is 1. The fourth-order valence-corrected chi connectivity index (χ4v) is 2.91. The van der Waals surface area contributed by atoms with E-state index in [4.69, 9.17) is 4.74 Å². The van der Waals surface area contributed by atoms with Gasteiger partial charge in [-0.15, -0.1) is 0 Å². The Labute approximate surface area is 148 Å². The smallest absolute Gasteiger partial charge is 0.321 e. The maximum absolute atomic E-state index is 12.4. The van der Waals surface area contributed by atoms with Gasteiger partial charge in [-0.3, -0.25) is 4.98 Å². The van der Waals surface area contributed by atoms with Crippen molar-refractivity contribution >= 4 is 11.7 Å². The molecular weight excluding hydrogens is 316 g/mol. The Kier molecular flexibility index (Phi) is 5.50. The lowest BCUT2D eigenvalue weighted by Gasteiger charge is -2.35. The second kappa shape index (κ2) is 7.98. The minimum Gasteiger partial charge on any atom is -0.456 e. The molecule has 6 nitrogen and oxygen atoms in total. The molecule has 1 aliphatic heterocycles. The first kappa shape index (κ1) is 17.2. The second-order valence-electron chi connectivity index (χ2n) is 6.39. The maximum atomic E-state index is 12.4. The summed E-state index contributed by atoms with van der Waals surface area (Å²) in [5, 5.41) is 2.95. The highest BCUT2D eigenvalue weighted by atomic mass is 16.5. The molecule has 1 aliphatic rings. The Bertz CT molecular complexity index is 682. The number of piperidine rings is 1. The predicted octanol–water partition coefficient (Wildman–Crippen LogP) is 3.43. The molecule has 1 aromatic heterocycles. The maximum Gasteiger partial charge on any atom is 0.321 e. The minimum absolute atomic E-state index is 0.0736. The van der Waals surface area contributed by atoms with E-state index >= 15 is 0 Å². The van der Waals surface area contributed by atoms with Crippen molar-refractivity contribution in [3.05, 3.63) is 48.8 Å². The van der Waals surface area contributed by atoms with Crippen molar-refractivity contribution in [2.45, 2.75) is 18.9 Å². The Balaban J connectivity index is 1.54. The van der Waals surface area contributed by atoms with Crippen LogP contribution in [0.1, 0.15) is 12.8 Å². The molecule has 6 heteroatoms. The first-order chi connectivity index (χ1) is 12.1. The lowest BCUT2D eigenvalue weighted by molar-refractivity contribution is 0.156. The van der Waals surface area contributed by atoms with Gasteiger partial charge in [0.25, 0.3) is 0 Å². The van der Waals surface area contributed by atoms with Gasteiger partial charge in [-0.2, -0.15) is 0 Å². The highest BCUT2D eigenvalue weighted by Crippen LogP contribution is 2.22. The van der Waals surface area contributed by atoms with Crippen molar-refractivity contribution in [1.82, 2.24) is 14.8 Å². The van der Waals surface area contributed by atoms with Gasteiger partial charge in [-0.1, -0.05) is 0 Å². The molecule has 0 saturated carbocycles. The average molecular weight is 340 g/mol. The number of urea groups is 1. The van der Waals surface area contributed by atoms with Crippen LogP contribution in [0.4, 0.5) is 10.5 Å². The third kappa shape index (κ3) is 4.70. The number of nitrogens with zero attached hydrogens (tertiary/aromatic N) is 3. The summed E-state index contributed by atoms with van der Waals surface area (Å²) in [5.74, 6) is 1.39. The van der Waals surface area contributed by atoms with E-state index in [2.05, 4.69) is 22.2 Å². The number of anilines is 1. The summed E-state index contributed by atoms with van der Waals surface area (Å²) < 4.78 is 5.70. The van der Waals surface area contributed by atoms with Crippen LogP contribution in [0, 0.1) is 0 Å². The van der Waals surface area contributed by atoms with Crippen LogP contribution in [0.15, 0.2) is 48.8 Å². The number of amides is 2. The summed E-state index contributed by atoms with van der Waals surface area (Å²) in [6, 6.07) is 11.2. The Morgan fingerprint density at radius 1 is 1.20 bits per heavy atom. The number of carbonyl (C=O) groups is 1. The molecule has 0 aliphatic carbocycles. The topological polar surface area (TPSA) is 57.7 Å². The van der Waals surface area contributed by atoms with E-state index in [-0.39, 0.29) is 6.03 Å². The molecule has 0 spiro atoms. The van der Waals surface area contributed by atoms with Gasteiger partial charge in [-0.25, -0.2) is 4.79 Å². The van der Waals surface area contributed by atoms with E-state index in [9.17, 15) is 4.79 Å². The van der Waals surface area contributed by atoms with Gasteiger partial charge >= 0.3 is 6.03 Å². The summed E-state index contributed by atoms with van der Waals surface area (Å²) in [5.41, 5.74) is 0.753. The van der Waals surface area contributed by atoms with Crippen molar-refractivity contribution in [3.63, 3.8) is 0 Å². The molecule has 2 amide bonds. The highest BCUT2D eigenvalue weighted by Gasteiger charge is 2.23. The highest BCUT2D eigenvalue weighted by molar-refractivity contribution is 5.89. The van der Waals surface area contributed by atoms with E-state index in [1.54, 1.807) is 12.4 Å². The number of pyridine rings is 1. The molecule has 3 rings (SSSR count). The van der Waals surface area contributed by atoms with Crippen LogP contribution in [-0.4, -0.2) is 54.0 Å². The van der Waals surface area contributed by atoms with Crippen LogP contribution >= 0.6 is 0 Å². The van der Waals surface area contributed by atoms with Crippen LogP contribution in [-0.2, 0) is 0 Å². The lowest BCUT2D eigenvalue weighted by Crippen LogP contribution is -2.46. The lowest BCUT2D eigenvalue weighted by atomic mass is 10.0. The number of aromatic nitrogens is 1. The molecule has 2 aromatic rings. The van der Waals surface area contributed by atoms with E-state index < -0.39 is 0 Å². The van der Waals surface area contributed by atoms with E-state index in [1.165, 1.54) is 0 Å². The number of likely N-dealkylation sites (tertiary alicyclic amines) is 1. The van der Waals surface area contributed by atoms with Gasteiger partial charge in [0, 0.05) is 25.0 Å². The monoisotopic (exact) mass is 340 g/mol. The van der Waals surface area contributed by atoms with Crippen LogP contribution in [0.5, 0.6) is 11.5 Å². The molecule has 0 unspecified atom stereocenters. The molecule has 0 atom stereocenters. The zero-order chi connectivity index (χ0) is 17.6. The molecule has 132 valence electrons. The molecule has 1 aromatic carbocycles. The van der Waals surface area contributed by atoms with Crippen molar-refractivity contribution in [2.75, 3.05) is 32.5 Å². The quantitative estimate of drug-likeness (QED) is 0.926. The number of nitrogens with one attached hydrogen (secondary N) is 1. The van der Waals surface area contributed by atoms with Gasteiger partial charge in [0.1, 0.15) is 11.5 Å². The zero-order valence-electron chi connectivity index (χ0n) is 14.7. The Hall–Kier alpha value is -2.60. The predicted molar refractivity (Wildman–Crippen MR) is 98.1 cm³/mol. The summed E-state index contributed by atoms with van der Waals surface area (Å²) in [6.07, 6.45) is 5.38. The number of hydrogen-bond acceptors (Lipinski definition) is 4. The standard InChI is InChI=1S/C19H24N4O2/c1-22-12-9-16(10-13-22)23(2)19(24)21-15-5-7-17(8-6-15)25-18-4-3-11-20-14-18/h3-8,11,14,16H,9-10,12-13H2,1-2H3,(H,21,24).